The van der Waals surface area contributed by atoms with Crippen LogP contribution in [0.25, 0.3) is 32.8 Å². The molecule has 0 spiro atoms. The molecule has 4 aromatic rings. The quantitative estimate of drug-likeness (QED) is 0.452. The first kappa shape index (κ1) is 13.6. The molecule has 0 unspecified atom stereocenters. The van der Waals surface area contributed by atoms with Gasteiger partial charge >= 0.3 is 11.6 Å². The molecule has 0 saturated carbocycles. The molecule has 3 aromatic heterocycles. The van der Waals surface area contributed by atoms with Crippen molar-refractivity contribution >= 4 is 38.8 Å². The third-order valence-corrected chi connectivity index (χ3v) is 3.88. The first-order chi connectivity index (χ1) is 11.1. The highest BCUT2D eigenvalue weighted by Crippen LogP contribution is 2.36. The van der Waals surface area contributed by atoms with Gasteiger partial charge in [0, 0.05) is 16.8 Å². The molecular weight excluding hydrogens is 298 g/mol. The van der Waals surface area contributed by atoms with E-state index in [0.29, 0.717) is 34.4 Å². The number of aromatic amines is 1. The Morgan fingerprint density at radius 1 is 1.26 bits per heavy atom. The molecule has 1 aromatic carbocycles. The number of furan rings is 1. The summed E-state index contributed by atoms with van der Waals surface area (Å²) in [5, 5.41) is 2.22. The molecule has 1 N–H and O–H groups in total. The van der Waals surface area contributed by atoms with Gasteiger partial charge in [-0.05, 0) is 31.5 Å². The third kappa shape index (κ3) is 1.88. The van der Waals surface area contributed by atoms with Crippen molar-refractivity contribution in [1.82, 2.24) is 4.98 Å². The number of esters is 1. The van der Waals surface area contributed by atoms with Crippen LogP contribution in [0.15, 0.2) is 38.1 Å². The number of H-pyrrole nitrogens is 1. The maximum atomic E-state index is 12.0. The smallest absolute Gasteiger partial charge is 0.354 e. The third-order valence-electron chi connectivity index (χ3n) is 3.88. The van der Waals surface area contributed by atoms with Gasteiger partial charge in [0.2, 0.25) is 0 Å². The highest BCUT2D eigenvalue weighted by molar-refractivity contribution is 6.22. The summed E-state index contributed by atoms with van der Waals surface area (Å²) >= 11 is 0. The van der Waals surface area contributed by atoms with Crippen molar-refractivity contribution < 1.29 is 18.4 Å². The SMILES string of the molecule is CCOC(=O)c1cc2c([nH]1)c1occc1c1oc(=O)cc(C)c21. The molecule has 0 radical (unpaired) electrons. The largest absolute Gasteiger partial charge is 0.462 e. The normalized spacial score (nSPS) is 11.6. The zero-order chi connectivity index (χ0) is 16.1. The summed E-state index contributed by atoms with van der Waals surface area (Å²) in [6.07, 6.45) is 1.52. The van der Waals surface area contributed by atoms with Crippen molar-refractivity contribution in [2.75, 3.05) is 6.61 Å². The lowest BCUT2D eigenvalue weighted by molar-refractivity contribution is 0.0520. The average molecular weight is 311 g/mol. The Balaban J connectivity index is 2.20. The fraction of sp³-hybridized carbons (Fsp3) is 0.176. The van der Waals surface area contributed by atoms with Crippen LogP contribution in [0.3, 0.4) is 0 Å². The number of hydrogen-bond donors (Lipinski definition) is 1. The van der Waals surface area contributed by atoms with E-state index in [1.165, 1.54) is 12.3 Å². The van der Waals surface area contributed by atoms with Crippen molar-refractivity contribution in [2.45, 2.75) is 13.8 Å². The van der Waals surface area contributed by atoms with E-state index in [-0.39, 0.29) is 0 Å². The van der Waals surface area contributed by atoms with Gasteiger partial charge in [-0.3, -0.25) is 0 Å². The Bertz CT molecular complexity index is 1130. The van der Waals surface area contributed by atoms with E-state index in [9.17, 15) is 9.59 Å². The van der Waals surface area contributed by atoms with Gasteiger partial charge < -0.3 is 18.6 Å². The highest BCUT2D eigenvalue weighted by atomic mass is 16.5. The molecule has 0 aliphatic heterocycles. The second-order valence-corrected chi connectivity index (χ2v) is 5.31. The molecular formula is C17H13NO5. The Hall–Kier alpha value is -3.02. The van der Waals surface area contributed by atoms with E-state index in [4.69, 9.17) is 13.6 Å². The van der Waals surface area contributed by atoms with Crippen LogP contribution in [-0.4, -0.2) is 17.6 Å². The van der Waals surface area contributed by atoms with Crippen LogP contribution < -0.4 is 5.63 Å². The van der Waals surface area contributed by atoms with Crippen LogP contribution in [-0.2, 0) is 4.74 Å². The maximum Gasteiger partial charge on any atom is 0.354 e. The molecule has 6 heteroatoms. The number of carbonyl (C=O) groups excluding carboxylic acids is 1. The number of rotatable bonds is 2. The Morgan fingerprint density at radius 2 is 2.09 bits per heavy atom. The molecule has 0 amide bonds. The zero-order valence-electron chi connectivity index (χ0n) is 12.6. The minimum Gasteiger partial charge on any atom is -0.462 e. The molecule has 23 heavy (non-hydrogen) atoms. The summed E-state index contributed by atoms with van der Waals surface area (Å²) in [5.41, 5.74) is 2.37. The molecule has 116 valence electrons. The van der Waals surface area contributed by atoms with Gasteiger partial charge in [0.1, 0.15) is 5.69 Å². The minimum absolute atomic E-state index is 0.291. The molecule has 4 rings (SSSR count). The molecule has 3 heterocycles. The highest BCUT2D eigenvalue weighted by Gasteiger charge is 2.20. The fourth-order valence-electron chi connectivity index (χ4n) is 2.96. The van der Waals surface area contributed by atoms with Crippen LogP contribution in [0.5, 0.6) is 0 Å². The number of hydrogen-bond acceptors (Lipinski definition) is 5. The summed E-state index contributed by atoms with van der Waals surface area (Å²) in [7, 11) is 0. The van der Waals surface area contributed by atoms with Gasteiger partial charge in [-0.1, -0.05) is 0 Å². The summed E-state index contributed by atoms with van der Waals surface area (Å²) in [6.45, 7) is 3.88. The van der Waals surface area contributed by atoms with Crippen LogP contribution in [0.1, 0.15) is 23.0 Å². The van der Waals surface area contributed by atoms with Gasteiger partial charge in [0.05, 0.1) is 23.8 Å². The van der Waals surface area contributed by atoms with Gasteiger partial charge in [0.15, 0.2) is 11.2 Å². The van der Waals surface area contributed by atoms with E-state index in [1.54, 1.807) is 19.1 Å². The molecule has 0 saturated heterocycles. The lowest BCUT2D eigenvalue weighted by atomic mass is 10.0. The van der Waals surface area contributed by atoms with Gasteiger partial charge in [0.25, 0.3) is 0 Å². The van der Waals surface area contributed by atoms with E-state index in [0.717, 1.165) is 16.3 Å². The lowest BCUT2D eigenvalue weighted by Gasteiger charge is -2.03. The molecule has 6 nitrogen and oxygen atoms in total. The predicted octanol–water partition coefficient (Wildman–Crippen LogP) is 3.51. The Morgan fingerprint density at radius 3 is 2.87 bits per heavy atom. The topological polar surface area (TPSA) is 85.4 Å². The number of ether oxygens (including phenoxy) is 1. The van der Waals surface area contributed by atoms with Crippen LogP contribution >= 0.6 is 0 Å². The number of carbonyl (C=O) groups is 1. The van der Waals surface area contributed by atoms with Crippen molar-refractivity contribution in [3.63, 3.8) is 0 Å². The van der Waals surface area contributed by atoms with Crippen molar-refractivity contribution in [1.29, 1.82) is 0 Å². The molecule has 0 aliphatic rings. The number of fused-ring (bicyclic) bond motifs is 6. The summed E-state index contributed by atoms with van der Waals surface area (Å²) < 4.78 is 16.0. The summed E-state index contributed by atoms with van der Waals surface area (Å²) in [5.74, 6) is -0.438. The second-order valence-electron chi connectivity index (χ2n) is 5.31. The summed E-state index contributed by atoms with van der Waals surface area (Å²) in [6, 6.07) is 4.87. The number of aromatic nitrogens is 1. The molecule has 0 aliphatic carbocycles. The number of nitrogens with one attached hydrogen (secondary N) is 1. The fourth-order valence-corrected chi connectivity index (χ4v) is 2.96. The van der Waals surface area contributed by atoms with Crippen LogP contribution in [0.2, 0.25) is 0 Å². The van der Waals surface area contributed by atoms with Crippen LogP contribution in [0.4, 0.5) is 0 Å². The van der Waals surface area contributed by atoms with Gasteiger partial charge in [-0.15, -0.1) is 0 Å². The van der Waals surface area contributed by atoms with E-state index in [2.05, 4.69) is 4.98 Å². The zero-order valence-corrected chi connectivity index (χ0v) is 12.6. The average Bonchev–Trinajstić information content (AvgIpc) is 3.13. The minimum atomic E-state index is -0.438. The van der Waals surface area contributed by atoms with Crippen LogP contribution in [0, 0.1) is 6.92 Å². The first-order valence-corrected chi connectivity index (χ1v) is 7.23. The van der Waals surface area contributed by atoms with Crippen molar-refractivity contribution in [3.8, 4) is 0 Å². The second kappa shape index (κ2) is 4.74. The predicted molar refractivity (Wildman–Crippen MR) is 84.8 cm³/mol. The maximum absolute atomic E-state index is 12.0. The number of aryl methyl sites for hydroxylation is 1. The van der Waals surface area contributed by atoms with Crippen molar-refractivity contribution in [3.05, 3.63) is 46.1 Å². The Kier molecular flexibility index (Phi) is 2.81. The monoisotopic (exact) mass is 311 g/mol. The summed E-state index contributed by atoms with van der Waals surface area (Å²) in [4.78, 5) is 26.8. The lowest BCUT2D eigenvalue weighted by Crippen LogP contribution is -2.04. The van der Waals surface area contributed by atoms with Gasteiger partial charge in [-0.25, -0.2) is 9.59 Å². The first-order valence-electron chi connectivity index (χ1n) is 7.23. The van der Waals surface area contributed by atoms with E-state index in [1.807, 2.05) is 6.92 Å². The molecule has 0 fully saturated rings. The standard InChI is InChI=1S/C17H13NO5/c1-3-21-17(20)11-7-10-13-8(2)6-12(19)23-15(13)9-4-5-22-16(9)14(10)18-11/h4-7,18H,3H2,1-2H3. The van der Waals surface area contributed by atoms with E-state index < -0.39 is 11.6 Å². The van der Waals surface area contributed by atoms with E-state index >= 15 is 0 Å². The number of benzene rings is 1. The molecule has 0 atom stereocenters. The van der Waals surface area contributed by atoms with Crippen molar-refractivity contribution in [2.24, 2.45) is 0 Å². The molecule has 0 bridgehead atoms. The Labute approximate surface area is 129 Å². The van der Waals surface area contributed by atoms with Gasteiger partial charge in [-0.2, -0.15) is 0 Å².